The third-order valence-corrected chi connectivity index (χ3v) is 6.12. The number of hydrogen-bond acceptors (Lipinski definition) is 4. The molecule has 1 aromatic rings. The van der Waals surface area contributed by atoms with Gasteiger partial charge in [-0.3, -0.25) is 14.4 Å². The van der Waals surface area contributed by atoms with Crippen LogP contribution in [0.2, 0.25) is 5.02 Å². The Morgan fingerprint density at radius 1 is 1.03 bits per heavy atom. The smallest absolute Gasteiger partial charge is 0.311 e. The Kier molecular flexibility index (Phi) is 7.17. The second-order valence-electron chi connectivity index (χ2n) is 8.18. The zero-order valence-electron chi connectivity index (χ0n) is 17.1. The van der Waals surface area contributed by atoms with E-state index in [0.717, 1.165) is 19.3 Å². The number of carbonyl (C=O) groups excluding carboxylic acids is 3. The van der Waals surface area contributed by atoms with Crippen molar-refractivity contribution in [3.63, 3.8) is 0 Å². The van der Waals surface area contributed by atoms with Gasteiger partial charge in [0.25, 0.3) is 11.8 Å². The molecular formula is C22H29ClN2O4. The summed E-state index contributed by atoms with van der Waals surface area (Å²) >= 11 is 5.89. The van der Waals surface area contributed by atoms with Crippen molar-refractivity contribution in [3.8, 4) is 0 Å². The topological polar surface area (TPSA) is 66.9 Å². The van der Waals surface area contributed by atoms with Crippen molar-refractivity contribution >= 4 is 29.4 Å². The molecule has 158 valence electrons. The highest BCUT2D eigenvalue weighted by Gasteiger charge is 2.33. The summed E-state index contributed by atoms with van der Waals surface area (Å²) in [5.41, 5.74) is 0.547. The van der Waals surface area contributed by atoms with Crippen LogP contribution < -0.4 is 0 Å². The number of rotatable bonds is 4. The zero-order chi connectivity index (χ0) is 21.0. The number of piperidine rings is 2. The van der Waals surface area contributed by atoms with Crippen molar-refractivity contribution in [2.75, 3.05) is 26.2 Å². The Labute approximate surface area is 177 Å². The molecule has 2 fully saturated rings. The van der Waals surface area contributed by atoms with Crippen molar-refractivity contribution in [2.24, 2.45) is 11.8 Å². The van der Waals surface area contributed by atoms with Crippen LogP contribution in [0.3, 0.4) is 0 Å². The third-order valence-electron chi connectivity index (χ3n) is 5.87. The van der Waals surface area contributed by atoms with Gasteiger partial charge in [-0.2, -0.15) is 0 Å². The van der Waals surface area contributed by atoms with E-state index in [0.29, 0.717) is 49.1 Å². The van der Waals surface area contributed by atoms with Crippen molar-refractivity contribution < 1.29 is 19.1 Å². The van der Waals surface area contributed by atoms with Crippen LogP contribution in [0.4, 0.5) is 0 Å². The number of halogens is 1. The molecule has 2 unspecified atom stereocenters. The molecule has 29 heavy (non-hydrogen) atoms. The summed E-state index contributed by atoms with van der Waals surface area (Å²) in [5, 5.41) is 0.573. The molecule has 0 aliphatic carbocycles. The minimum Gasteiger partial charge on any atom is -0.452 e. The predicted octanol–water partition coefficient (Wildman–Crippen LogP) is 3.38. The van der Waals surface area contributed by atoms with Crippen LogP contribution in [-0.4, -0.2) is 59.9 Å². The second kappa shape index (κ2) is 9.61. The number of benzene rings is 1. The average molecular weight is 421 g/mol. The number of carbonyl (C=O) groups is 3. The van der Waals surface area contributed by atoms with E-state index in [2.05, 4.69) is 6.92 Å². The van der Waals surface area contributed by atoms with E-state index in [1.165, 1.54) is 0 Å². The molecule has 3 rings (SSSR count). The lowest BCUT2D eigenvalue weighted by Gasteiger charge is -2.34. The van der Waals surface area contributed by atoms with Gasteiger partial charge in [0.1, 0.15) is 0 Å². The van der Waals surface area contributed by atoms with Gasteiger partial charge in [0.15, 0.2) is 6.10 Å². The van der Waals surface area contributed by atoms with Crippen LogP contribution >= 0.6 is 11.6 Å². The summed E-state index contributed by atoms with van der Waals surface area (Å²) in [6, 6.07) is 6.73. The van der Waals surface area contributed by atoms with Gasteiger partial charge < -0.3 is 14.5 Å². The van der Waals surface area contributed by atoms with E-state index < -0.39 is 18.0 Å². The summed E-state index contributed by atoms with van der Waals surface area (Å²) in [5.74, 6) is -0.425. The fraction of sp³-hybridized carbons (Fsp3) is 0.591. The van der Waals surface area contributed by atoms with Crippen LogP contribution in [-0.2, 0) is 14.3 Å². The van der Waals surface area contributed by atoms with E-state index in [4.69, 9.17) is 16.3 Å². The first-order valence-corrected chi connectivity index (χ1v) is 10.8. The molecule has 0 saturated carbocycles. The highest BCUT2D eigenvalue weighted by molar-refractivity contribution is 6.30. The molecule has 2 aliphatic rings. The maximum absolute atomic E-state index is 12.7. The Hall–Kier alpha value is -2.08. The molecule has 2 amide bonds. The van der Waals surface area contributed by atoms with Crippen LogP contribution in [0.15, 0.2) is 24.3 Å². The number of ether oxygens (including phenoxy) is 1. The van der Waals surface area contributed by atoms with E-state index in [1.54, 1.807) is 41.0 Å². The first-order chi connectivity index (χ1) is 13.8. The number of likely N-dealkylation sites (tertiary alicyclic amines) is 2. The molecule has 2 atom stereocenters. The molecule has 0 spiro atoms. The van der Waals surface area contributed by atoms with Gasteiger partial charge >= 0.3 is 5.97 Å². The van der Waals surface area contributed by atoms with E-state index in [1.807, 2.05) is 0 Å². The minimum atomic E-state index is -0.793. The number of esters is 1. The van der Waals surface area contributed by atoms with E-state index >= 15 is 0 Å². The van der Waals surface area contributed by atoms with Gasteiger partial charge in [-0.25, -0.2) is 0 Å². The van der Waals surface area contributed by atoms with Gasteiger partial charge in [0.05, 0.1) is 5.92 Å². The van der Waals surface area contributed by atoms with Crippen molar-refractivity contribution in [1.82, 2.24) is 9.80 Å². The van der Waals surface area contributed by atoms with Gasteiger partial charge in [0, 0.05) is 36.8 Å². The molecule has 0 N–H and O–H groups in total. The first kappa shape index (κ1) is 21.6. The van der Waals surface area contributed by atoms with Crippen molar-refractivity contribution in [2.45, 2.75) is 45.6 Å². The van der Waals surface area contributed by atoms with Crippen molar-refractivity contribution in [1.29, 1.82) is 0 Å². The fourth-order valence-electron chi connectivity index (χ4n) is 3.94. The first-order valence-electron chi connectivity index (χ1n) is 10.4. The Bertz CT molecular complexity index is 744. The van der Waals surface area contributed by atoms with Crippen LogP contribution in [0.1, 0.15) is 49.9 Å². The summed E-state index contributed by atoms with van der Waals surface area (Å²) in [7, 11) is 0. The number of amides is 2. The maximum Gasteiger partial charge on any atom is 0.311 e. The quantitative estimate of drug-likeness (QED) is 0.700. The average Bonchev–Trinajstić information content (AvgIpc) is 2.74. The molecule has 2 heterocycles. The van der Waals surface area contributed by atoms with E-state index in [9.17, 15) is 14.4 Å². The maximum atomic E-state index is 12.7. The van der Waals surface area contributed by atoms with Gasteiger partial charge in [-0.15, -0.1) is 0 Å². The standard InChI is InChI=1S/C22H29ClN2O4/c1-15-9-12-24(13-10-15)20(26)16(2)29-22(28)18-4-3-11-25(14-18)21(27)17-5-7-19(23)8-6-17/h5-8,15-16,18H,3-4,9-14H2,1-2H3. The third kappa shape index (κ3) is 5.50. The van der Waals surface area contributed by atoms with Crippen molar-refractivity contribution in [3.05, 3.63) is 34.9 Å². The molecule has 1 aromatic carbocycles. The van der Waals surface area contributed by atoms with Crippen LogP contribution in [0.5, 0.6) is 0 Å². The van der Waals surface area contributed by atoms with Crippen LogP contribution in [0, 0.1) is 11.8 Å². The van der Waals surface area contributed by atoms with Gasteiger partial charge in [-0.1, -0.05) is 18.5 Å². The SMILES string of the molecule is CC1CCN(C(=O)C(C)OC(=O)C2CCCN(C(=O)c3ccc(Cl)cc3)C2)CC1. The lowest BCUT2D eigenvalue weighted by atomic mass is 9.97. The second-order valence-corrected chi connectivity index (χ2v) is 8.62. The molecule has 0 radical (unpaired) electrons. The molecule has 0 aromatic heterocycles. The Balaban J connectivity index is 1.54. The lowest BCUT2D eigenvalue weighted by molar-refractivity contribution is -0.164. The van der Waals surface area contributed by atoms with Crippen LogP contribution in [0.25, 0.3) is 0 Å². The molecule has 0 bridgehead atoms. The molecule has 2 aliphatic heterocycles. The Morgan fingerprint density at radius 2 is 1.69 bits per heavy atom. The van der Waals surface area contributed by atoms with E-state index in [-0.39, 0.29) is 11.8 Å². The summed E-state index contributed by atoms with van der Waals surface area (Å²) in [6.07, 6.45) is 2.56. The summed E-state index contributed by atoms with van der Waals surface area (Å²) in [6.45, 7) is 6.17. The highest BCUT2D eigenvalue weighted by Crippen LogP contribution is 2.22. The van der Waals surface area contributed by atoms with Gasteiger partial charge in [-0.05, 0) is 62.8 Å². The number of hydrogen-bond donors (Lipinski definition) is 0. The Morgan fingerprint density at radius 3 is 2.34 bits per heavy atom. The largest absolute Gasteiger partial charge is 0.452 e. The molecule has 7 heteroatoms. The number of nitrogens with zero attached hydrogens (tertiary/aromatic N) is 2. The normalized spacial score (nSPS) is 21.6. The molecular weight excluding hydrogens is 392 g/mol. The monoisotopic (exact) mass is 420 g/mol. The highest BCUT2D eigenvalue weighted by atomic mass is 35.5. The summed E-state index contributed by atoms with van der Waals surface area (Å²) in [4.78, 5) is 41.4. The lowest BCUT2D eigenvalue weighted by Crippen LogP contribution is -2.46. The predicted molar refractivity (Wildman–Crippen MR) is 111 cm³/mol. The fourth-order valence-corrected chi connectivity index (χ4v) is 4.06. The zero-order valence-corrected chi connectivity index (χ0v) is 17.9. The molecule has 6 nitrogen and oxygen atoms in total. The molecule has 2 saturated heterocycles. The summed E-state index contributed by atoms with van der Waals surface area (Å²) < 4.78 is 5.50. The van der Waals surface area contributed by atoms with Gasteiger partial charge in [0.2, 0.25) is 0 Å². The minimum absolute atomic E-state index is 0.120.